The van der Waals surface area contributed by atoms with Crippen molar-refractivity contribution in [1.82, 2.24) is 19.6 Å². The van der Waals surface area contributed by atoms with Gasteiger partial charge in [-0.2, -0.15) is 5.10 Å². The summed E-state index contributed by atoms with van der Waals surface area (Å²) < 4.78 is 20.3. The molecule has 0 unspecified atom stereocenters. The minimum absolute atomic E-state index is 0.249. The predicted octanol–water partition coefficient (Wildman–Crippen LogP) is 2.20. The Morgan fingerprint density at radius 2 is 2.05 bits per heavy atom. The maximum Gasteiger partial charge on any atom is 0.277 e. The van der Waals surface area contributed by atoms with Crippen LogP contribution in [0.3, 0.4) is 0 Å². The van der Waals surface area contributed by atoms with E-state index in [0.29, 0.717) is 26.0 Å². The number of rotatable bonds is 4. The second kappa shape index (κ2) is 10.8. The van der Waals surface area contributed by atoms with Crippen molar-refractivity contribution in [3.05, 3.63) is 42.9 Å². The number of aromatic nitrogens is 4. The van der Waals surface area contributed by atoms with Crippen LogP contribution in [0.4, 0.5) is 14.6 Å². The van der Waals surface area contributed by atoms with E-state index in [1.807, 2.05) is 0 Å². The molecule has 0 radical (unpaired) electrons. The molecule has 0 aliphatic rings. The van der Waals surface area contributed by atoms with Crippen molar-refractivity contribution in [1.29, 1.82) is 0 Å². The van der Waals surface area contributed by atoms with Crippen LogP contribution in [-0.2, 0) is 0 Å². The molecule has 22 heavy (non-hydrogen) atoms. The molecule has 1 N–H and O–H groups in total. The Morgan fingerprint density at radius 1 is 1.36 bits per heavy atom. The lowest BCUT2D eigenvalue weighted by Gasteiger charge is -2.04. The van der Waals surface area contributed by atoms with Gasteiger partial charge in [0.05, 0.1) is 20.6 Å². The third-order valence-electron chi connectivity index (χ3n) is 2.14. The summed E-state index contributed by atoms with van der Waals surface area (Å²) in [5, 5.41) is 6.30. The van der Waals surface area contributed by atoms with Gasteiger partial charge in [-0.25, -0.2) is 19.6 Å². The molecule has 2 rings (SSSR count). The predicted molar refractivity (Wildman–Crippen MR) is 81.3 cm³/mol. The van der Waals surface area contributed by atoms with Gasteiger partial charge < -0.3 is 5.32 Å². The molecule has 0 saturated carbocycles. The number of carbonyl (C=O) groups is 1. The van der Waals surface area contributed by atoms with Gasteiger partial charge in [0.1, 0.15) is 12.1 Å². The molecule has 0 aliphatic heterocycles. The zero-order chi connectivity index (χ0) is 17.0. The minimum atomic E-state index is -0.387. The molecular weight excluding hydrogens is 294 g/mol. The van der Waals surface area contributed by atoms with Crippen molar-refractivity contribution in [3.63, 3.8) is 0 Å². The van der Waals surface area contributed by atoms with E-state index >= 15 is 0 Å². The number of amides is 1. The number of halogens is 2. The van der Waals surface area contributed by atoms with Crippen LogP contribution in [0.5, 0.6) is 0 Å². The van der Waals surface area contributed by atoms with Gasteiger partial charge in [0.25, 0.3) is 5.91 Å². The number of imidazole rings is 1. The van der Waals surface area contributed by atoms with Crippen molar-refractivity contribution in [2.75, 3.05) is 19.7 Å². The monoisotopic (exact) mass is 310 g/mol. The summed E-state index contributed by atoms with van der Waals surface area (Å²) in [4.78, 5) is 23.6. The van der Waals surface area contributed by atoms with Crippen molar-refractivity contribution in [2.45, 2.75) is 0 Å². The Hall–Kier alpha value is -2.97. The molecule has 2 aromatic heterocycles. The molecule has 9 heteroatoms. The van der Waals surface area contributed by atoms with Gasteiger partial charge in [0, 0.05) is 12.9 Å². The summed E-state index contributed by atoms with van der Waals surface area (Å²) in [7, 11) is 1.00. The van der Waals surface area contributed by atoms with Crippen LogP contribution >= 0.6 is 0 Å². The smallest absolute Gasteiger partial charge is 0.277 e. The Bertz CT molecular complexity index is 600. The number of hydrogen-bond donors (Lipinski definition) is 1. The molecule has 118 valence electrons. The lowest BCUT2D eigenvalue weighted by Crippen LogP contribution is -2.16. The second-order valence-electron chi connectivity index (χ2n) is 3.21. The number of nitrogens with zero attached hydrogens (tertiary/aromatic N) is 5. The largest absolute Gasteiger partial charge is 0.305 e. The van der Waals surface area contributed by atoms with E-state index in [9.17, 15) is 13.6 Å². The van der Waals surface area contributed by atoms with Crippen LogP contribution in [0.2, 0.25) is 0 Å². The lowest BCUT2D eigenvalue weighted by atomic mass is 10.4. The van der Waals surface area contributed by atoms with E-state index in [0.717, 1.165) is 0 Å². The Labute approximate surface area is 126 Å². The van der Waals surface area contributed by atoms with Gasteiger partial charge in [0.15, 0.2) is 11.5 Å². The first-order chi connectivity index (χ1) is 10.8. The average Bonchev–Trinajstić information content (AvgIpc) is 3.02. The van der Waals surface area contributed by atoms with Gasteiger partial charge in [0.2, 0.25) is 0 Å². The van der Waals surface area contributed by atoms with Gasteiger partial charge in [-0.3, -0.25) is 13.6 Å². The van der Waals surface area contributed by atoms with Gasteiger partial charge in [-0.05, 0) is 12.1 Å². The van der Waals surface area contributed by atoms with Crippen molar-refractivity contribution in [2.24, 2.45) is 5.10 Å². The average molecular weight is 310 g/mol. The third-order valence-corrected chi connectivity index (χ3v) is 2.14. The molecule has 0 aliphatic carbocycles. The van der Waals surface area contributed by atoms with Crippen LogP contribution in [0.25, 0.3) is 6.08 Å². The number of hydrogen-bond acceptors (Lipinski definition) is 5. The summed E-state index contributed by atoms with van der Waals surface area (Å²) in [6, 6.07) is 1.58. The molecule has 7 nitrogen and oxygen atoms in total. The number of alkyl halides is 2. The van der Waals surface area contributed by atoms with Gasteiger partial charge >= 0.3 is 0 Å². The molecule has 0 spiro atoms. The molecule has 0 fully saturated rings. The van der Waals surface area contributed by atoms with Crippen LogP contribution in [0, 0.1) is 0 Å². The van der Waals surface area contributed by atoms with Crippen molar-refractivity contribution < 1.29 is 13.6 Å². The second-order valence-corrected chi connectivity index (χ2v) is 3.21. The standard InChI is InChI=1S/C11H10N6O.2CH3F/c1-3-10-14-6-8(17(10)12-2)11(18)16-9-4-5-13-7-15-9;2*1-2/h3-7H,1-2H2,(H,13,15,16,18);2*1H3. The normalized spacial score (nSPS) is 8.55. The van der Waals surface area contributed by atoms with Crippen LogP contribution in [0.1, 0.15) is 16.3 Å². The molecule has 2 aromatic rings. The first-order valence-electron chi connectivity index (χ1n) is 5.76. The first-order valence-corrected chi connectivity index (χ1v) is 5.76. The molecule has 0 atom stereocenters. The summed E-state index contributed by atoms with van der Waals surface area (Å²) in [5.74, 6) is 0.450. The van der Waals surface area contributed by atoms with Gasteiger partial charge in [-0.15, -0.1) is 0 Å². The molecule has 2 heterocycles. The van der Waals surface area contributed by atoms with E-state index in [-0.39, 0.29) is 11.6 Å². The van der Waals surface area contributed by atoms with Gasteiger partial charge in [-0.1, -0.05) is 6.58 Å². The summed E-state index contributed by atoms with van der Waals surface area (Å²) in [6.07, 6.45) is 5.74. The van der Waals surface area contributed by atoms with E-state index < -0.39 is 0 Å². The summed E-state index contributed by atoms with van der Waals surface area (Å²) in [6.45, 7) is 6.95. The number of anilines is 1. The van der Waals surface area contributed by atoms with Crippen LogP contribution in [-0.4, -0.2) is 46.6 Å². The number of nitrogens with one attached hydrogen (secondary N) is 1. The highest BCUT2D eigenvalue weighted by Crippen LogP contribution is 2.09. The SMILES string of the molecule is C=Cc1ncc(C(=O)Nc2ccncn2)n1N=C.CF.CF. The number of carbonyl (C=O) groups excluding carboxylic acids is 1. The first kappa shape index (κ1) is 19.0. The van der Waals surface area contributed by atoms with E-state index in [1.165, 1.54) is 29.5 Å². The maximum absolute atomic E-state index is 12.0. The fourth-order valence-electron chi connectivity index (χ4n) is 1.35. The molecule has 0 bridgehead atoms. The summed E-state index contributed by atoms with van der Waals surface area (Å²) >= 11 is 0. The Balaban J connectivity index is 0.00000102. The minimum Gasteiger partial charge on any atom is -0.305 e. The highest BCUT2D eigenvalue weighted by molar-refractivity contribution is 6.02. The zero-order valence-corrected chi connectivity index (χ0v) is 12.2. The van der Waals surface area contributed by atoms with Crippen LogP contribution in [0.15, 0.2) is 36.5 Å². The van der Waals surface area contributed by atoms with E-state index in [1.54, 1.807) is 6.07 Å². The Morgan fingerprint density at radius 3 is 2.55 bits per heavy atom. The fraction of sp³-hybridized carbons (Fsp3) is 0.154. The molecule has 0 saturated heterocycles. The van der Waals surface area contributed by atoms with Crippen molar-refractivity contribution >= 4 is 24.5 Å². The topological polar surface area (TPSA) is 85.1 Å². The molecule has 0 aromatic carbocycles. The fourth-order valence-corrected chi connectivity index (χ4v) is 1.35. The zero-order valence-electron chi connectivity index (χ0n) is 12.2. The van der Waals surface area contributed by atoms with Crippen LogP contribution < -0.4 is 5.32 Å². The van der Waals surface area contributed by atoms with E-state index in [4.69, 9.17) is 0 Å². The lowest BCUT2D eigenvalue weighted by molar-refractivity contribution is 0.101. The van der Waals surface area contributed by atoms with Crippen molar-refractivity contribution in [3.8, 4) is 0 Å². The maximum atomic E-state index is 12.0. The highest BCUT2D eigenvalue weighted by atomic mass is 19.1. The van der Waals surface area contributed by atoms with E-state index in [2.05, 4.69) is 38.7 Å². The third kappa shape index (κ3) is 4.85. The highest BCUT2D eigenvalue weighted by Gasteiger charge is 2.15. The Kier molecular flexibility index (Phi) is 9.32. The molecule has 1 amide bonds. The quantitative estimate of drug-likeness (QED) is 0.877. The molecular formula is C13H16F2N6O. The summed E-state index contributed by atoms with van der Waals surface area (Å²) in [5.41, 5.74) is 0.249.